The number of aromatic carboxylic acids is 1. The number of rotatable bonds is 5. The van der Waals surface area contributed by atoms with E-state index in [0.717, 1.165) is 26.2 Å². The number of nitrogens with zero attached hydrogens (tertiary/aromatic N) is 2. The molecule has 1 saturated heterocycles. The molecule has 0 radical (unpaired) electrons. The van der Waals surface area contributed by atoms with E-state index in [9.17, 15) is 14.7 Å². The number of ketones is 1. The molecule has 0 spiro atoms. The molecule has 0 amide bonds. The Morgan fingerprint density at radius 3 is 2.33 bits per heavy atom. The third-order valence-corrected chi connectivity index (χ3v) is 3.46. The predicted octanol–water partition coefficient (Wildman–Crippen LogP) is 0.122. The van der Waals surface area contributed by atoms with Crippen molar-refractivity contribution in [2.24, 2.45) is 0 Å². The minimum absolute atomic E-state index is 0.0666. The summed E-state index contributed by atoms with van der Waals surface area (Å²) in [4.78, 5) is 27.2. The third-order valence-electron chi connectivity index (χ3n) is 3.46. The van der Waals surface area contributed by atoms with Gasteiger partial charge in [0.25, 0.3) is 5.76 Å². The highest BCUT2D eigenvalue weighted by Gasteiger charge is 2.30. The summed E-state index contributed by atoms with van der Waals surface area (Å²) < 4.78 is 9.74. The van der Waals surface area contributed by atoms with Crippen LogP contribution in [0.1, 0.15) is 21.1 Å². The Labute approximate surface area is 121 Å². The minimum Gasteiger partial charge on any atom is -0.501 e. The van der Waals surface area contributed by atoms with Gasteiger partial charge in [-0.05, 0) is 7.05 Å². The molecule has 0 aliphatic carbocycles. The van der Waals surface area contributed by atoms with Crippen molar-refractivity contribution in [1.29, 1.82) is 0 Å². The lowest BCUT2D eigenvalue weighted by molar-refractivity contribution is 0.0653. The van der Waals surface area contributed by atoms with Crippen molar-refractivity contribution in [1.82, 2.24) is 9.80 Å². The van der Waals surface area contributed by atoms with Crippen molar-refractivity contribution in [2.45, 2.75) is 0 Å². The molecule has 2 N–H and O–H groups in total. The molecule has 1 fully saturated rings. The van der Waals surface area contributed by atoms with Gasteiger partial charge in [0.1, 0.15) is 0 Å². The molecule has 21 heavy (non-hydrogen) atoms. The fourth-order valence-corrected chi connectivity index (χ4v) is 2.21. The fraction of sp³-hybridized carbons (Fsp3) is 0.538. The van der Waals surface area contributed by atoms with Gasteiger partial charge >= 0.3 is 5.97 Å². The number of carboxylic acid groups (broad SMARTS) is 1. The van der Waals surface area contributed by atoms with E-state index in [-0.39, 0.29) is 18.1 Å². The van der Waals surface area contributed by atoms with E-state index >= 15 is 0 Å². The Morgan fingerprint density at radius 1 is 1.24 bits per heavy atom. The molecule has 116 valence electrons. The van der Waals surface area contributed by atoms with Gasteiger partial charge in [0, 0.05) is 26.2 Å². The summed E-state index contributed by atoms with van der Waals surface area (Å²) in [5.74, 6) is -3.71. The van der Waals surface area contributed by atoms with Crippen molar-refractivity contribution < 1.29 is 29.0 Å². The van der Waals surface area contributed by atoms with Crippen molar-refractivity contribution in [3.8, 4) is 11.5 Å². The van der Waals surface area contributed by atoms with Crippen molar-refractivity contribution in [2.75, 3.05) is 46.9 Å². The van der Waals surface area contributed by atoms with Gasteiger partial charge in [-0.25, -0.2) is 4.79 Å². The van der Waals surface area contributed by atoms with Crippen molar-refractivity contribution >= 4 is 11.8 Å². The number of hydrogen-bond donors (Lipinski definition) is 2. The first-order valence-corrected chi connectivity index (χ1v) is 6.51. The molecule has 1 aliphatic rings. The lowest BCUT2D eigenvalue weighted by Crippen LogP contribution is -2.46. The molecular weight excluding hydrogens is 280 g/mol. The Kier molecular flexibility index (Phi) is 4.49. The number of carbonyl (C=O) groups is 2. The molecule has 8 heteroatoms. The van der Waals surface area contributed by atoms with Gasteiger partial charge in [0.2, 0.25) is 23.0 Å². The normalized spacial score (nSPS) is 16.9. The molecular formula is C13H18N2O6. The summed E-state index contributed by atoms with van der Waals surface area (Å²) >= 11 is 0. The van der Waals surface area contributed by atoms with Gasteiger partial charge in [-0.2, -0.15) is 0 Å². The highest BCUT2D eigenvalue weighted by molar-refractivity contribution is 6.01. The van der Waals surface area contributed by atoms with Gasteiger partial charge in [-0.3, -0.25) is 9.69 Å². The zero-order valence-electron chi connectivity index (χ0n) is 12.0. The van der Waals surface area contributed by atoms with Crippen LogP contribution in [0.2, 0.25) is 0 Å². The van der Waals surface area contributed by atoms with E-state index in [0.29, 0.717) is 0 Å². The number of likely N-dealkylation sites (N-methyl/N-ethyl adjacent to an activating group) is 1. The zero-order valence-corrected chi connectivity index (χ0v) is 12.0. The number of hydrogen-bond acceptors (Lipinski definition) is 7. The molecule has 2 rings (SSSR count). The predicted molar refractivity (Wildman–Crippen MR) is 72.2 cm³/mol. The molecule has 8 nitrogen and oxygen atoms in total. The Balaban J connectivity index is 2.14. The first-order chi connectivity index (χ1) is 9.93. The monoisotopic (exact) mass is 298 g/mol. The van der Waals surface area contributed by atoms with Crippen LogP contribution in [-0.4, -0.2) is 78.6 Å². The summed E-state index contributed by atoms with van der Waals surface area (Å²) in [6.07, 6.45) is 0. The fourth-order valence-electron chi connectivity index (χ4n) is 2.21. The second-order valence-electron chi connectivity index (χ2n) is 4.95. The van der Waals surface area contributed by atoms with E-state index in [1.165, 1.54) is 7.11 Å². The van der Waals surface area contributed by atoms with Crippen LogP contribution in [0.15, 0.2) is 4.42 Å². The van der Waals surface area contributed by atoms with E-state index in [2.05, 4.69) is 4.90 Å². The van der Waals surface area contributed by atoms with Crippen LogP contribution in [0, 0.1) is 0 Å². The highest BCUT2D eigenvalue weighted by Crippen LogP contribution is 2.37. The lowest BCUT2D eigenvalue weighted by atomic mass is 10.2. The van der Waals surface area contributed by atoms with Gasteiger partial charge in [0.05, 0.1) is 13.7 Å². The molecule has 0 saturated carbocycles. The topological polar surface area (TPSA) is 103 Å². The van der Waals surface area contributed by atoms with Gasteiger partial charge in [-0.1, -0.05) is 0 Å². The minimum atomic E-state index is -1.40. The number of ether oxygens (including phenoxy) is 1. The largest absolute Gasteiger partial charge is 0.501 e. The number of methoxy groups -OCH3 is 1. The van der Waals surface area contributed by atoms with Gasteiger partial charge < -0.3 is 24.3 Å². The van der Waals surface area contributed by atoms with Crippen molar-refractivity contribution in [3.63, 3.8) is 0 Å². The summed E-state index contributed by atoms with van der Waals surface area (Å²) in [5.41, 5.74) is 0. The average molecular weight is 298 g/mol. The molecule has 0 atom stereocenters. The van der Waals surface area contributed by atoms with Crippen LogP contribution in [-0.2, 0) is 0 Å². The summed E-state index contributed by atoms with van der Waals surface area (Å²) in [6.45, 7) is 3.22. The lowest BCUT2D eigenvalue weighted by Gasteiger charge is -2.31. The van der Waals surface area contributed by atoms with E-state index in [4.69, 9.17) is 14.3 Å². The quantitative estimate of drug-likeness (QED) is 0.739. The summed E-state index contributed by atoms with van der Waals surface area (Å²) in [6, 6.07) is 0. The molecule has 2 heterocycles. The first kappa shape index (κ1) is 15.3. The van der Waals surface area contributed by atoms with E-state index < -0.39 is 23.3 Å². The molecule has 0 bridgehead atoms. The number of furan rings is 1. The molecule has 1 aromatic rings. The Bertz CT molecular complexity index is 545. The third kappa shape index (κ3) is 3.17. The zero-order chi connectivity index (χ0) is 15.6. The number of Topliss-reactive ketones (excluding diaryl/α,β-unsaturated/α-hetero) is 1. The Hall–Kier alpha value is -2.06. The molecule has 0 unspecified atom stereocenters. The summed E-state index contributed by atoms with van der Waals surface area (Å²) in [5, 5.41) is 18.8. The maximum atomic E-state index is 12.2. The van der Waals surface area contributed by atoms with Crippen LogP contribution in [0.3, 0.4) is 0 Å². The number of piperazine rings is 1. The van der Waals surface area contributed by atoms with E-state index in [1.807, 2.05) is 11.9 Å². The summed E-state index contributed by atoms with van der Waals surface area (Å²) in [7, 11) is 3.20. The maximum Gasteiger partial charge on any atom is 0.375 e. The standard InChI is InChI=1S/C13H18N2O6/c1-14-3-5-15(6-4-14)7-8(16)10-9(17)11(20-2)12(21-10)13(18)19/h17H,3-7H2,1-2H3,(H,18,19). The second kappa shape index (κ2) is 6.15. The SMILES string of the molecule is COc1c(C(=O)O)oc(C(=O)CN2CCN(C)CC2)c1O. The number of aromatic hydroxyl groups is 1. The highest BCUT2D eigenvalue weighted by atomic mass is 16.5. The molecule has 0 aromatic carbocycles. The second-order valence-corrected chi connectivity index (χ2v) is 4.95. The average Bonchev–Trinajstić information content (AvgIpc) is 2.78. The van der Waals surface area contributed by atoms with Crippen LogP contribution in [0.25, 0.3) is 0 Å². The first-order valence-electron chi connectivity index (χ1n) is 6.51. The molecule has 1 aromatic heterocycles. The van der Waals surface area contributed by atoms with Gasteiger partial charge in [0.15, 0.2) is 0 Å². The van der Waals surface area contributed by atoms with E-state index in [1.54, 1.807) is 0 Å². The number of carbonyl (C=O) groups excluding carboxylic acids is 1. The van der Waals surface area contributed by atoms with Crippen molar-refractivity contribution in [3.05, 3.63) is 11.5 Å². The van der Waals surface area contributed by atoms with Crippen LogP contribution < -0.4 is 4.74 Å². The number of carboxylic acids is 1. The Morgan fingerprint density at radius 2 is 1.86 bits per heavy atom. The van der Waals surface area contributed by atoms with Crippen LogP contribution in [0.5, 0.6) is 11.5 Å². The molecule has 1 aliphatic heterocycles. The smallest absolute Gasteiger partial charge is 0.375 e. The van der Waals surface area contributed by atoms with Crippen LogP contribution in [0.4, 0.5) is 0 Å². The maximum absolute atomic E-state index is 12.2. The van der Waals surface area contributed by atoms with Gasteiger partial charge in [-0.15, -0.1) is 0 Å². The van der Waals surface area contributed by atoms with Crippen LogP contribution >= 0.6 is 0 Å².